The third kappa shape index (κ3) is 8.70. The van der Waals surface area contributed by atoms with Gasteiger partial charge in [-0.15, -0.1) is 0 Å². The van der Waals surface area contributed by atoms with Crippen molar-refractivity contribution < 1.29 is 9.53 Å². The molecule has 0 amide bonds. The number of methoxy groups -OCH3 is 1. The second-order valence-corrected chi connectivity index (χ2v) is 9.06. The lowest BCUT2D eigenvalue weighted by Gasteiger charge is -2.18. The quantitative estimate of drug-likeness (QED) is 0.349. The number of carbonyl (C=O) groups is 1. The van der Waals surface area contributed by atoms with Crippen LogP contribution in [0.1, 0.15) is 31.9 Å². The maximum absolute atomic E-state index is 8.00. The first-order chi connectivity index (χ1) is 16.6. The first-order valence-electron chi connectivity index (χ1n) is 10.9. The number of rotatable bonds is 2. The zero-order valence-electron chi connectivity index (χ0n) is 21.6. The van der Waals surface area contributed by atoms with E-state index in [0.717, 1.165) is 22.5 Å². The Labute approximate surface area is 213 Å². The standard InChI is InChI=1S/C13H12ClN5.C11H16.C2H6O.CH2O/c1-16-10-6-8(14)7-17-13(10)19-5-4-9-11(19)2-3-12(15)18-9;1-9-5-7-10(8-6-9)11(2,3)4;1-3-2;1-2/h2-7,16H,1H3,(H2,15,18);5-8H,1-4H3;1-2H3;1H2. The molecule has 0 aliphatic heterocycles. The topological polar surface area (TPSA) is 95.1 Å². The van der Waals surface area contributed by atoms with Crippen molar-refractivity contribution in [2.24, 2.45) is 0 Å². The molecular weight excluding hydrogens is 462 g/mol. The molecule has 0 atom stereocenters. The van der Waals surface area contributed by atoms with Gasteiger partial charge < -0.3 is 20.6 Å². The lowest BCUT2D eigenvalue weighted by molar-refractivity contribution is -0.0979. The molecule has 0 spiro atoms. The van der Waals surface area contributed by atoms with Gasteiger partial charge in [-0.3, -0.25) is 4.57 Å². The van der Waals surface area contributed by atoms with Crippen LogP contribution in [-0.4, -0.2) is 42.6 Å². The van der Waals surface area contributed by atoms with Crippen LogP contribution in [0.4, 0.5) is 11.5 Å². The lowest BCUT2D eigenvalue weighted by atomic mass is 9.87. The first-order valence-corrected chi connectivity index (χ1v) is 11.3. The molecule has 0 fully saturated rings. The number of nitrogens with zero attached hydrogens (tertiary/aromatic N) is 3. The maximum Gasteiger partial charge on any atom is 0.160 e. The molecule has 0 aliphatic carbocycles. The zero-order chi connectivity index (χ0) is 26.6. The normalized spacial score (nSPS) is 10.2. The average molecular weight is 498 g/mol. The van der Waals surface area contributed by atoms with E-state index in [1.807, 2.05) is 42.8 Å². The first kappa shape index (κ1) is 29.6. The molecule has 3 aromatic heterocycles. The van der Waals surface area contributed by atoms with Crippen LogP contribution in [0.5, 0.6) is 0 Å². The van der Waals surface area contributed by atoms with E-state index in [9.17, 15) is 0 Å². The third-order valence-corrected chi connectivity index (χ3v) is 5.02. The predicted molar refractivity (Wildman–Crippen MR) is 148 cm³/mol. The van der Waals surface area contributed by atoms with Gasteiger partial charge in [-0.25, -0.2) is 9.97 Å². The fourth-order valence-corrected chi connectivity index (χ4v) is 3.24. The number of nitrogens with one attached hydrogen (secondary N) is 1. The number of aryl methyl sites for hydroxylation is 1. The second-order valence-electron chi connectivity index (χ2n) is 8.63. The van der Waals surface area contributed by atoms with Gasteiger partial charge in [-0.2, -0.15) is 0 Å². The Morgan fingerprint density at radius 1 is 1.06 bits per heavy atom. The highest BCUT2D eigenvalue weighted by Gasteiger charge is 2.12. The number of aromatic nitrogens is 3. The number of benzene rings is 1. The summed E-state index contributed by atoms with van der Waals surface area (Å²) in [6.07, 6.45) is 3.53. The number of hydrogen-bond donors (Lipinski definition) is 2. The number of pyridine rings is 2. The molecule has 8 heteroatoms. The van der Waals surface area contributed by atoms with Crippen molar-refractivity contribution in [2.75, 3.05) is 32.3 Å². The van der Waals surface area contributed by atoms with Crippen molar-refractivity contribution in [1.29, 1.82) is 0 Å². The molecule has 4 aromatic rings. The van der Waals surface area contributed by atoms with E-state index < -0.39 is 0 Å². The molecular formula is C27H36ClN5O2. The second kappa shape index (κ2) is 14.1. The monoisotopic (exact) mass is 497 g/mol. The van der Waals surface area contributed by atoms with Crippen molar-refractivity contribution in [3.8, 4) is 5.82 Å². The Kier molecular flexibility index (Phi) is 11.9. The number of carbonyl (C=O) groups excluding carboxylic acids is 1. The van der Waals surface area contributed by atoms with E-state index in [2.05, 4.69) is 72.0 Å². The van der Waals surface area contributed by atoms with Crippen molar-refractivity contribution in [3.05, 3.63) is 77.1 Å². The number of anilines is 2. The summed E-state index contributed by atoms with van der Waals surface area (Å²) in [7, 11) is 5.08. The molecule has 1 aromatic carbocycles. The average Bonchev–Trinajstić information content (AvgIpc) is 3.23. The highest BCUT2D eigenvalue weighted by molar-refractivity contribution is 6.30. The molecule has 3 N–H and O–H groups in total. The van der Waals surface area contributed by atoms with Crippen LogP contribution in [0, 0.1) is 6.92 Å². The Balaban J connectivity index is 0.000000326. The van der Waals surface area contributed by atoms with E-state index in [1.54, 1.807) is 26.5 Å². The number of nitrogens with two attached hydrogens (primary N) is 1. The highest BCUT2D eigenvalue weighted by atomic mass is 35.5. The summed E-state index contributed by atoms with van der Waals surface area (Å²) in [6.45, 7) is 10.8. The molecule has 0 saturated carbocycles. The van der Waals surface area contributed by atoms with E-state index in [1.165, 1.54) is 11.1 Å². The molecule has 4 rings (SSSR count). The molecule has 188 valence electrons. The zero-order valence-corrected chi connectivity index (χ0v) is 22.3. The molecule has 35 heavy (non-hydrogen) atoms. The van der Waals surface area contributed by atoms with E-state index in [-0.39, 0.29) is 5.41 Å². The van der Waals surface area contributed by atoms with Crippen LogP contribution < -0.4 is 11.1 Å². The minimum absolute atomic E-state index is 0.285. The van der Waals surface area contributed by atoms with Crippen molar-refractivity contribution in [1.82, 2.24) is 14.5 Å². The van der Waals surface area contributed by atoms with Crippen molar-refractivity contribution in [3.63, 3.8) is 0 Å². The van der Waals surface area contributed by atoms with Gasteiger partial charge in [0.25, 0.3) is 0 Å². The predicted octanol–water partition coefficient (Wildman–Crippen LogP) is 6.07. The van der Waals surface area contributed by atoms with Crippen LogP contribution in [0.3, 0.4) is 0 Å². The summed E-state index contributed by atoms with van der Waals surface area (Å²) in [5.41, 5.74) is 11.3. The van der Waals surface area contributed by atoms with Crippen LogP contribution >= 0.6 is 11.6 Å². The molecule has 0 saturated heterocycles. The lowest BCUT2D eigenvalue weighted by Crippen LogP contribution is -2.10. The summed E-state index contributed by atoms with van der Waals surface area (Å²) in [5, 5.41) is 3.68. The van der Waals surface area contributed by atoms with Crippen LogP contribution in [0.15, 0.2) is 60.9 Å². The van der Waals surface area contributed by atoms with Gasteiger partial charge in [0.1, 0.15) is 12.6 Å². The fourth-order valence-electron chi connectivity index (χ4n) is 3.08. The largest absolute Gasteiger partial charge is 0.388 e. The number of fused-ring (bicyclic) bond motifs is 1. The smallest absolute Gasteiger partial charge is 0.160 e. The summed E-state index contributed by atoms with van der Waals surface area (Å²) >= 11 is 5.96. The number of hydrogen-bond acceptors (Lipinski definition) is 6. The van der Waals surface area contributed by atoms with Gasteiger partial charge in [0.2, 0.25) is 0 Å². The van der Waals surface area contributed by atoms with Gasteiger partial charge in [-0.05, 0) is 42.2 Å². The minimum atomic E-state index is 0.285. The molecule has 0 bridgehead atoms. The Bertz CT molecular complexity index is 1180. The van der Waals surface area contributed by atoms with E-state index in [0.29, 0.717) is 10.8 Å². The maximum atomic E-state index is 8.00. The number of halogens is 1. The van der Waals surface area contributed by atoms with Crippen molar-refractivity contribution in [2.45, 2.75) is 33.1 Å². The molecule has 7 nitrogen and oxygen atoms in total. The van der Waals surface area contributed by atoms with Crippen LogP contribution in [0.25, 0.3) is 16.9 Å². The summed E-state index contributed by atoms with van der Waals surface area (Å²) in [6, 6.07) is 16.2. The Morgan fingerprint density at radius 2 is 1.66 bits per heavy atom. The van der Waals surface area contributed by atoms with Gasteiger partial charge in [-0.1, -0.05) is 62.2 Å². The minimum Gasteiger partial charge on any atom is -0.388 e. The van der Waals surface area contributed by atoms with Gasteiger partial charge >= 0.3 is 0 Å². The highest BCUT2D eigenvalue weighted by Crippen LogP contribution is 2.26. The summed E-state index contributed by atoms with van der Waals surface area (Å²) in [5.74, 6) is 1.27. The fraction of sp³-hybridized carbons (Fsp3) is 0.296. The summed E-state index contributed by atoms with van der Waals surface area (Å²) in [4.78, 5) is 16.7. The van der Waals surface area contributed by atoms with E-state index in [4.69, 9.17) is 22.1 Å². The molecule has 0 unspecified atom stereocenters. The Morgan fingerprint density at radius 3 is 2.20 bits per heavy atom. The van der Waals surface area contributed by atoms with Crippen LogP contribution in [-0.2, 0) is 14.9 Å². The van der Waals surface area contributed by atoms with Crippen LogP contribution in [0.2, 0.25) is 5.02 Å². The molecule has 0 aliphatic rings. The van der Waals surface area contributed by atoms with Crippen molar-refractivity contribution >= 4 is 40.9 Å². The number of nitrogen functional groups attached to an aromatic ring is 1. The van der Waals surface area contributed by atoms with Gasteiger partial charge in [0, 0.05) is 33.7 Å². The molecule has 0 radical (unpaired) electrons. The number of ether oxygens (including phenoxy) is 1. The Hall–Kier alpha value is -3.42. The third-order valence-electron chi connectivity index (χ3n) is 4.81. The molecule has 3 heterocycles. The van der Waals surface area contributed by atoms with Gasteiger partial charge in [0.15, 0.2) is 5.82 Å². The van der Waals surface area contributed by atoms with E-state index >= 15 is 0 Å². The van der Waals surface area contributed by atoms with Gasteiger partial charge in [0.05, 0.1) is 21.7 Å². The summed E-state index contributed by atoms with van der Waals surface area (Å²) < 4.78 is 6.20. The SMILES string of the molecule is C=O.CNc1cc(Cl)cnc1-n1ccc2nc(N)ccc21.COC.Cc1ccc(C(C)(C)C)cc1.